The second-order valence-corrected chi connectivity index (χ2v) is 10.7. The number of hydrogen-bond donors (Lipinski definition) is 1. The van der Waals surface area contributed by atoms with Crippen LogP contribution in [0, 0.1) is 0 Å². The molecule has 7 nitrogen and oxygen atoms in total. The summed E-state index contributed by atoms with van der Waals surface area (Å²) in [7, 11) is 0. The Labute approximate surface area is 228 Å². The molecule has 2 aromatic heterocycles. The number of aliphatic imine (C=N–C) groups is 1. The van der Waals surface area contributed by atoms with Gasteiger partial charge < -0.3 is 9.88 Å². The van der Waals surface area contributed by atoms with E-state index in [0.717, 1.165) is 57.8 Å². The lowest BCUT2D eigenvalue weighted by atomic mass is 9.88. The fraction of sp³-hybridized carbons (Fsp3) is 0.281. The first-order valence-corrected chi connectivity index (χ1v) is 13.5. The molecule has 39 heavy (non-hydrogen) atoms. The first kappa shape index (κ1) is 24.9. The number of anilines is 1. The molecule has 0 bridgehead atoms. The molecule has 7 heteroatoms. The van der Waals surface area contributed by atoms with Crippen LogP contribution < -0.4 is 5.32 Å². The van der Waals surface area contributed by atoms with Crippen LogP contribution in [-0.4, -0.2) is 31.4 Å². The second-order valence-electron chi connectivity index (χ2n) is 10.7. The maximum Gasteiger partial charge on any atom is 0.273 e. The number of aromatic nitrogens is 4. The maximum atomic E-state index is 13.2. The molecule has 3 aliphatic carbocycles. The van der Waals surface area contributed by atoms with Gasteiger partial charge in [0.2, 0.25) is 0 Å². The molecular weight excluding hydrogens is 484 g/mol. The summed E-state index contributed by atoms with van der Waals surface area (Å²) in [5.74, 6) is 1.07. The third-order valence-corrected chi connectivity index (χ3v) is 7.72. The smallest absolute Gasteiger partial charge is 0.273 e. The number of carbonyl (C=O) groups excluding carboxylic acids is 1. The summed E-state index contributed by atoms with van der Waals surface area (Å²) in [5, 5.41) is 11.4. The number of nitrogens with one attached hydrogen (secondary N) is 1. The van der Waals surface area contributed by atoms with Gasteiger partial charge in [-0.1, -0.05) is 36.9 Å². The van der Waals surface area contributed by atoms with Gasteiger partial charge in [0, 0.05) is 40.7 Å². The number of pyridine rings is 1. The highest BCUT2D eigenvalue weighted by Crippen LogP contribution is 2.39. The predicted molar refractivity (Wildman–Crippen MR) is 155 cm³/mol. The lowest BCUT2D eigenvalue weighted by molar-refractivity contribution is -0.112. The van der Waals surface area contributed by atoms with Crippen molar-refractivity contribution in [1.82, 2.24) is 19.7 Å². The Morgan fingerprint density at radius 1 is 1.10 bits per heavy atom. The maximum absolute atomic E-state index is 13.2. The molecule has 0 saturated heterocycles. The fourth-order valence-electron chi connectivity index (χ4n) is 4.85. The zero-order chi connectivity index (χ0) is 27.1. The summed E-state index contributed by atoms with van der Waals surface area (Å²) < 4.78 is 2.10. The Hall–Kier alpha value is -4.39. The van der Waals surface area contributed by atoms with Crippen LogP contribution in [-0.2, 0) is 4.79 Å². The van der Waals surface area contributed by atoms with Crippen LogP contribution in [0.2, 0.25) is 0 Å². The van der Waals surface area contributed by atoms with E-state index in [9.17, 15) is 4.79 Å². The molecule has 2 heterocycles. The summed E-state index contributed by atoms with van der Waals surface area (Å²) in [5.41, 5.74) is 8.83. The molecule has 2 fully saturated rings. The van der Waals surface area contributed by atoms with E-state index in [2.05, 4.69) is 57.9 Å². The Kier molecular flexibility index (Phi) is 6.43. The zero-order valence-corrected chi connectivity index (χ0v) is 22.6. The molecule has 0 unspecified atom stereocenters. The SMILES string of the molecule is C=C(N=C1C(C)=C(C)C=C/C1=C(/C)c1ccc(C2CC2)nc1)C(=O)Nc1cccc(-c2nncn2C2CC2)c1. The Balaban J connectivity index is 1.25. The molecule has 2 saturated carbocycles. The second kappa shape index (κ2) is 10.1. The van der Waals surface area contributed by atoms with Crippen molar-refractivity contribution in [2.75, 3.05) is 5.32 Å². The quantitative estimate of drug-likeness (QED) is 0.349. The van der Waals surface area contributed by atoms with E-state index in [1.165, 1.54) is 18.5 Å². The molecule has 0 atom stereocenters. The van der Waals surface area contributed by atoms with E-state index in [4.69, 9.17) is 9.98 Å². The Bertz CT molecular complexity index is 1590. The molecule has 0 spiro atoms. The van der Waals surface area contributed by atoms with E-state index >= 15 is 0 Å². The summed E-state index contributed by atoms with van der Waals surface area (Å²) in [6, 6.07) is 12.4. The van der Waals surface area contributed by atoms with Crippen molar-refractivity contribution >= 4 is 22.9 Å². The topological polar surface area (TPSA) is 85.1 Å². The number of allylic oxidation sites excluding steroid dienone is 6. The summed E-state index contributed by atoms with van der Waals surface area (Å²) in [4.78, 5) is 22.7. The van der Waals surface area contributed by atoms with Crippen molar-refractivity contribution in [3.8, 4) is 11.4 Å². The van der Waals surface area contributed by atoms with Crippen molar-refractivity contribution in [2.24, 2.45) is 4.99 Å². The first-order valence-electron chi connectivity index (χ1n) is 13.5. The molecule has 1 N–H and O–H groups in total. The van der Waals surface area contributed by atoms with Crippen molar-refractivity contribution < 1.29 is 4.79 Å². The van der Waals surface area contributed by atoms with Gasteiger partial charge in [0.05, 0.1) is 5.71 Å². The zero-order valence-electron chi connectivity index (χ0n) is 22.6. The van der Waals surface area contributed by atoms with Crippen molar-refractivity contribution in [3.63, 3.8) is 0 Å². The molecule has 0 radical (unpaired) electrons. The minimum absolute atomic E-state index is 0.145. The summed E-state index contributed by atoms with van der Waals surface area (Å²) in [6.07, 6.45) is 12.6. The molecule has 1 amide bonds. The Morgan fingerprint density at radius 3 is 2.64 bits per heavy atom. The van der Waals surface area contributed by atoms with E-state index in [1.54, 1.807) is 6.33 Å². The van der Waals surface area contributed by atoms with Crippen LogP contribution in [0.1, 0.15) is 69.7 Å². The summed E-state index contributed by atoms with van der Waals surface area (Å²) in [6.45, 7) is 10.2. The van der Waals surface area contributed by atoms with Gasteiger partial charge in [-0.3, -0.25) is 9.78 Å². The minimum Gasteiger partial charge on any atom is -0.321 e. The predicted octanol–water partition coefficient (Wildman–Crippen LogP) is 6.83. The van der Waals surface area contributed by atoms with Gasteiger partial charge in [0.15, 0.2) is 5.82 Å². The number of rotatable bonds is 7. The number of amides is 1. The van der Waals surface area contributed by atoms with E-state index in [1.807, 2.05) is 44.3 Å². The van der Waals surface area contributed by atoms with Gasteiger partial charge in [0.25, 0.3) is 5.91 Å². The van der Waals surface area contributed by atoms with Crippen molar-refractivity contribution in [2.45, 2.75) is 58.4 Å². The largest absolute Gasteiger partial charge is 0.321 e. The van der Waals surface area contributed by atoms with Crippen LogP contribution in [0.25, 0.3) is 17.0 Å². The lowest BCUT2D eigenvalue weighted by Crippen LogP contribution is -2.16. The molecule has 3 aliphatic rings. The average Bonchev–Trinajstić information content (AvgIpc) is 3.90. The highest BCUT2D eigenvalue weighted by molar-refractivity contribution is 6.21. The number of carbonyl (C=O) groups is 1. The summed E-state index contributed by atoms with van der Waals surface area (Å²) >= 11 is 0. The van der Waals surface area contributed by atoms with Crippen molar-refractivity contribution in [3.05, 3.63) is 101 Å². The monoisotopic (exact) mass is 516 g/mol. The first-order chi connectivity index (χ1) is 18.9. The minimum atomic E-state index is -0.351. The van der Waals surface area contributed by atoms with Crippen LogP contribution in [0.4, 0.5) is 5.69 Å². The molecule has 3 aromatic rings. The third kappa shape index (κ3) is 5.17. The third-order valence-electron chi connectivity index (χ3n) is 7.72. The normalized spacial score (nSPS) is 19.4. The average molecular weight is 517 g/mol. The molecule has 1 aromatic carbocycles. The van der Waals surface area contributed by atoms with E-state index < -0.39 is 0 Å². The molecule has 196 valence electrons. The van der Waals surface area contributed by atoms with E-state index in [0.29, 0.717) is 17.6 Å². The molecule has 0 aliphatic heterocycles. The van der Waals surface area contributed by atoms with Gasteiger partial charge in [0.1, 0.15) is 12.0 Å². The van der Waals surface area contributed by atoms with Gasteiger partial charge in [-0.2, -0.15) is 0 Å². The van der Waals surface area contributed by atoms with Gasteiger partial charge in [-0.05, 0) is 86.9 Å². The van der Waals surface area contributed by atoms with Crippen LogP contribution in [0.3, 0.4) is 0 Å². The van der Waals surface area contributed by atoms with Gasteiger partial charge in [-0.25, -0.2) is 4.99 Å². The highest BCUT2D eigenvalue weighted by Gasteiger charge is 2.27. The van der Waals surface area contributed by atoms with Crippen LogP contribution in [0.5, 0.6) is 0 Å². The van der Waals surface area contributed by atoms with E-state index in [-0.39, 0.29) is 11.6 Å². The number of hydrogen-bond acceptors (Lipinski definition) is 5. The lowest BCUT2D eigenvalue weighted by Gasteiger charge is -2.19. The standard InChI is InChI=1S/C32H32N6O/c1-19-8-14-28(21(3)25-11-15-29(33-17-25)23-9-10-23)30(20(19)2)35-22(4)32(39)36-26-7-5-6-24(16-26)31-37-34-18-38(31)27-12-13-27/h5-8,11,14-18,23,27H,4,9-10,12-13H2,1-3H3,(H,36,39)/b28-21+,35-30?. The van der Waals surface area contributed by atoms with Crippen LogP contribution >= 0.6 is 0 Å². The fourth-order valence-corrected chi connectivity index (χ4v) is 4.85. The number of benzene rings is 1. The number of nitrogens with zero attached hydrogens (tertiary/aromatic N) is 5. The van der Waals surface area contributed by atoms with Gasteiger partial charge >= 0.3 is 0 Å². The molecule has 6 rings (SSSR count). The van der Waals surface area contributed by atoms with Crippen LogP contribution in [0.15, 0.2) is 95.1 Å². The van der Waals surface area contributed by atoms with Gasteiger partial charge in [-0.15, -0.1) is 10.2 Å². The molecular formula is C32H32N6O. The highest BCUT2D eigenvalue weighted by atomic mass is 16.2. The van der Waals surface area contributed by atoms with Crippen molar-refractivity contribution in [1.29, 1.82) is 0 Å². The Morgan fingerprint density at radius 2 is 1.92 bits per heavy atom.